The van der Waals surface area contributed by atoms with Gasteiger partial charge in [-0.05, 0) is 18.6 Å². The van der Waals surface area contributed by atoms with Gasteiger partial charge in [0, 0.05) is 18.2 Å². The molecule has 0 aliphatic carbocycles. The molecule has 0 spiro atoms. The molecule has 100 valence electrons. The van der Waals surface area contributed by atoms with E-state index in [2.05, 4.69) is 16.6 Å². The Hall–Kier alpha value is -1.62. The van der Waals surface area contributed by atoms with E-state index in [1.807, 2.05) is 12.1 Å². The first-order valence-electron chi connectivity index (χ1n) is 6.05. The van der Waals surface area contributed by atoms with Gasteiger partial charge in [-0.15, -0.1) is 0 Å². The summed E-state index contributed by atoms with van der Waals surface area (Å²) in [6, 6.07) is 3.87. The average molecular weight is 252 g/mol. The van der Waals surface area contributed by atoms with Gasteiger partial charge >= 0.3 is 5.97 Å². The number of pyridine rings is 1. The van der Waals surface area contributed by atoms with Crippen LogP contribution in [0.25, 0.3) is 0 Å². The van der Waals surface area contributed by atoms with Gasteiger partial charge in [-0.3, -0.25) is 9.78 Å². The van der Waals surface area contributed by atoms with Crippen LogP contribution in [0.3, 0.4) is 0 Å². The minimum atomic E-state index is -0.284. The number of methoxy groups -OCH3 is 1. The molecule has 0 amide bonds. The van der Waals surface area contributed by atoms with Crippen LogP contribution in [-0.2, 0) is 16.0 Å². The number of nitrogens with zero attached hydrogens (tertiary/aromatic N) is 1. The van der Waals surface area contributed by atoms with Gasteiger partial charge in [-0.1, -0.05) is 6.92 Å². The summed E-state index contributed by atoms with van der Waals surface area (Å²) in [5.41, 5.74) is 6.80. The molecular weight excluding hydrogens is 232 g/mol. The zero-order valence-electron chi connectivity index (χ0n) is 10.9. The third-order valence-corrected chi connectivity index (χ3v) is 2.60. The van der Waals surface area contributed by atoms with Gasteiger partial charge in [0.25, 0.3) is 0 Å². The van der Waals surface area contributed by atoms with Crippen molar-refractivity contribution >= 4 is 5.97 Å². The molecule has 1 atom stereocenters. The summed E-state index contributed by atoms with van der Waals surface area (Å²) >= 11 is 0. The Balaban J connectivity index is 2.38. The van der Waals surface area contributed by atoms with Gasteiger partial charge in [0.15, 0.2) is 0 Å². The van der Waals surface area contributed by atoms with Crippen LogP contribution in [0.1, 0.15) is 25.5 Å². The molecule has 0 aromatic carbocycles. The first-order valence-corrected chi connectivity index (χ1v) is 6.05. The van der Waals surface area contributed by atoms with Crippen molar-refractivity contribution < 1.29 is 14.3 Å². The number of nitrogens with two attached hydrogens (primary N) is 1. The summed E-state index contributed by atoms with van der Waals surface area (Å²) in [7, 11) is 1.36. The number of hydrogen-bond donors (Lipinski definition) is 1. The first kappa shape index (κ1) is 14.4. The Morgan fingerprint density at radius 2 is 2.28 bits per heavy atom. The van der Waals surface area contributed by atoms with Crippen molar-refractivity contribution in [1.29, 1.82) is 0 Å². The smallest absolute Gasteiger partial charge is 0.308 e. The fourth-order valence-corrected chi connectivity index (χ4v) is 1.38. The molecule has 1 rings (SSSR count). The largest absolute Gasteiger partial charge is 0.491 e. The molecule has 1 aromatic rings. The van der Waals surface area contributed by atoms with Crippen molar-refractivity contribution in [1.82, 2.24) is 4.98 Å². The van der Waals surface area contributed by atoms with Crippen molar-refractivity contribution in [2.24, 2.45) is 5.73 Å². The predicted octanol–water partition coefficient (Wildman–Crippen LogP) is 1.30. The molecule has 0 aliphatic heterocycles. The van der Waals surface area contributed by atoms with E-state index in [0.29, 0.717) is 12.4 Å². The Kier molecular flexibility index (Phi) is 6.14. The Labute approximate surface area is 107 Å². The van der Waals surface area contributed by atoms with E-state index in [9.17, 15) is 4.79 Å². The third kappa shape index (κ3) is 5.14. The van der Waals surface area contributed by atoms with Crippen LogP contribution in [-0.4, -0.2) is 30.7 Å². The monoisotopic (exact) mass is 252 g/mol. The second-order valence-corrected chi connectivity index (χ2v) is 4.03. The maximum atomic E-state index is 10.9. The quantitative estimate of drug-likeness (QED) is 0.740. The van der Waals surface area contributed by atoms with Crippen LogP contribution in [0.2, 0.25) is 0 Å². The second-order valence-electron chi connectivity index (χ2n) is 4.03. The maximum Gasteiger partial charge on any atom is 0.308 e. The fraction of sp³-hybridized carbons (Fsp3) is 0.538. The van der Waals surface area contributed by atoms with E-state index in [4.69, 9.17) is 10.5 Å². The molecule has 0 radical (unpaired) electrons. The van der Waals surface area contributed by atoms with E-state index >= 15 is 0 Å². The highest BCUT2D eigenvalue weighted by Gasteiger charge is 2.04. The van der Waals surface area contributed by atoms with E-state index < -0.39 is 0 Å². The summed E-state index contributed by atoms with van der Waals surface area (Å²) < 4.78 is 9.89. The number of ether oxygens (including phenoxy) is 2. The summed E-state index contributed by atoms with van der Waals surface area (Å²) in [5, 5.41) is 0. The van der Waals surface area contributed by atoms with Crippen LogP contribution < -0.4 is 10.5 Å². The molecule has 1 aromatic heterocycles. The minimum absolute atomic E-state index is 0.142. The van der Waals surface area contributed by atoms with E-state index in [1.165, 1.54) is 7.11 Å². The topological polar surface area (TPSA) is 74.4 Å². The number of hydrogen-bond acceptors (Lipinski definition) is 5. The molecule has 0 saturated heterocycles. The summed E-state index contributed by atoms with van der Waals surface area (Å²) in [6.45, 7) is 2.34. The van der Waals surface area contributed by atoms with Gasteiger partial charge in [-0.2, -0.15) is 0 Å². The fourth-order valence-electron chi connectivity index (χ4n) is 1.38. The van der Waals surface area contributed by atoms with Crippen LogP contribution in [0, 0.1) is 0 Å². The molecule has 5 nitrogen and oxygen atoms in total. The van der Waals surface area contributed by atoms with Gasteiger partial charge in [0.2, 0.25) is 0 Å². The number of carbonyl (C=O) groups is 1. The van der Waals surface area contributed by atoms with Crippen molar-refractivity contribution in [3.63, 3.8) is 0 Å². The van der Waals surface area contributed by atoms with Gasteiger partial charge in [0.05, 0.1) is 26.3 Å². The highest BCUT2D eigenvalue weighted by molar-refractivity contribution is 5.69. The zero-order valence-corrected chi connectivity index (χ0v) is 10.9. The molecule has 0 fully saturated rings. The minimum Gasteiger partial charge on any atom is -0.491 e. The third-order valence-electron chi connectivity index (χ3n) is 2.60. The highest BCUT2D eigenvalue weighted by atomic mass is 16.5. The summed E-state index contributed by atoms with van der Waals surface area (Å²) in [4.78, 5) is 15.1. The predicted molar refractivity (Wildman–Crippen MR) is 68.3 cm³/mol. The molecule has 0 saturated carbocycles. The van der Waals surface area contributed by atoms with E-state index in [1.54, 1.807) is 6.20 Å². The summed E-state index contributed by atoms with van der Waals surface area (Å²) in [6.07, 6.45) is 3.58. The maximum absolute atomic E-state index is 10.9. The normalized spacial score (nSPS) is 11.9. The summed E-state index contributed by atoms with van der Waals surface area (Å²) in [5.74, 6) is 0.362. The highest BCUT2D eigenvalue weighted by Crippen LogP contribution is 2.11. The van der Waals surface area contributed by atoms with Crippen molar-refractivity contribution in [3.05, 3.63) is 24.0 Å². The number of esters is 1. The number of rotatable bonds is 7. The molecule has 0 bridgehead atoms. The van der Waals surface area contributed by atoms with Crippen molar-refractivity contribution in [2.45, 2.75) is 32.2 Å². The Morgan fingerprint density at radius 1 is 1.50 bits per heavy atom. The second kappa shape index (κ2) is 7.66. The van der Waals surface area contributed by atoms with E-state index in [-0.39, 0.29) is 18.4 Å². The number of carbonyl (C=O) groups excluding carboxylic acids is 1. The standard InChI is InChI=1S/C13H20N2O3/c1-3-10(14)8-11-4-5-12(9-15-11)18-7-6-13(16)17-2/h4-5,9-10H,3,6-8,14H2,1-2H3. The lowest BCUT2D eigenvalue weighted by Gasteiger charge is -2.09. The van der Waals surface area contributed by atoms with Crippen LogP contribution >= 0.6 is 0 Å². The molecule has 5 heteroatoms. The lowest BCUT2D eigenvalue weighted by molar-refractivity contribution is -0.141. The van der Waals surface area contributed by atoms with E-state index in [0.717, 1.165) is 18.5 Å². The molecule has 18 heavy (non-hydrogen) atoms. The first-order chi connectivity index (χ1) is 8.65. The lowest BCUT2D eigenvalue weighted by atomic mass is 10.1. The Morgan fingerprint density at radius 3 is 2.83 bits per heavy atom. The van der Waals surface area contributed by atoms with Crippen molar-refractivity contribution in [3.8, 4) is 5.75 Å². The van der Waals surface area contributed by atoms with Gasteiger partial charge < -0.3 is 15.2 Å². The molecular formula is C13H20N2O3. The molecule has 2 N–H and O–H groups in total. The van der Waals surface area contributed by atoms with Crippen molar-refractivity contribution in [2.75, 3.05) is 13.7 Å². The van der Waals surface area contributed by atoms with Crippen LogP contribution in [0.4, 0.5) is 0 Å². The SMILES string of the molecule is CCC(N)Cc1ccc(OCCC(=O)OC)cn1. The zero-order chi connectivity index (χ0) is 13.4. The van der Waals surface area contributed by atoms with Gasteiger partial charge in [0.1, 0.15) is 5.75 Å². The average Bonchev–Trinajstić information content (AvgIpc) is 2.40. The molecule has 0 aliphatic rings. The van der Waals surface area contributed by atoms with Gasteiger partial charge in [-0.25, -0.2) is 0 Å². The lowest BCUT2D eigenvalue weighted by Crippen LogP contribution is -2.21. The van der Waals surface area contributed by atoms with Crippen LogP contribution in [0.5, 0.6) is 5.75 Å². The van der Waals surface area contributed by atoms with Crippen LogP contribution in [0.15, 0.2) is 18.3 Å². The number of aromatic nitrogens is 1. The molecule has 1 heterocycles. The molecule has 1 unspecified atom stereocenters. The Bertz CT molecular complexity index is 365.